The van der Waals surface area contributed by atoms with Gasteiger partial charge in [0, 0.05) is 6.61 Å². The zero-order valence-corrected chi connectivity index (χ0v) is 5.39. The Balaban J connectivity index is 2.13. The molecular weight excluding hydrogens is 100 g/mol. The predicted molar refractivity (Wildman–Crippen MR) is 33.6 cm³/mol. The van der Waals surface area contributed by atoms with Crippen LogP contribution in [0.3, 0.4) is 0 Å². The first-order valence-electron chi connectivity index (χ1n) is 3.36. The van der Waals surface area contributed by atoms with Crippen molar-refractivity contribution in [2.45, 2.75) is 32.3 Å². The van der Waals surface area contributed by atoms with Gasteiger partial charge in [-0.25, -0.2) is 0 Å². The van der Waals surface area contributed by atoms with E-state index in [1.54, 1.807) is 0 Å². The van der Waals surface area contributed by atoms with E-state index < -0.39 is 0 Å². The minimum atomic E-state index is 0.531. The fraction of sp³-hybridized carbons (Fsp3) is 0.857. The molecule has 1 aliphatic heterocycles. The average molecular weight is 113 g/mol. The second-order valence-electron chi connectivity index (χ2n) is 2.21. The van der Waals surface area contributed by atoms with Crippen LogP contribution in [0.15, 0.2) is 0 Å². The van der Waals surface area contributed by atoms with Crippen LogP contribution in [-0.2, 0) is 4.74 Å². The van der Waals surface area contributed by atoms with Gasteiger partial charge in [-0.3, -0.25) is 0 Å². The van der Waals surface area contributed by atoms with Crippen molar-refractivity contribution in [2.75, 3.05) is 6.61 Å². The molecule has 0 aromatic rings. The van der Waals surface area contributed by atoms with Crippen molar-refractivity contribution in [3.05, 3.63) is 6.42 Å². The third-order valence-corrected chi connectivity index (χ3v) is 1.56. The molecule has 0 saturated carbocycles. The average Bonchev–Trinajstić information content (AvgIpc) is 1.90. The van der Waals surface area contributed by atoms with Crippen LogP contribution in [0.5, 0.6) is 0 Å². The topological polar surface area (TPSA) is 9.23 Å². The van der Waals surface area contributed by atoms with Crippen molar-refractivity contribution in [3.8, 4) is 0 Å². The largest absolute Gasteiger partial charge is 0.378 e. The monoisotopic (exact) mass is 113 g/mol. The molecule has 0 bridgehead atoms. The number of hydrogen-bond donors (Lipinski definition) is 0. The van der Waals surface area contributed by atoms with Gasteiger partial charge in [0.25, 0.3) is 0 Å². The summed E-state index contributed by atoms with van der Waals surface area (Å²) in [5.74, 6) is 0. The van der Waals surface area contributed by atoms with Crippen molar-refractivity contribution < 1.29 is 4.74 Å². The van der Waals surface area contributed by atoms with Gasteiger partial charge in [0.2, 0.25) is 0 Å². The summed E-state index contributed by atoms with van der Waals surface area (Å²) >= 11 is 0. The van der Waals surface area contributed by atoms with Gasteiger partial charge >= 0.3 is 0 Å². The van der Waals surface area contributed by atoms with Gasteiger partial charge in [-0.15, -0.1) is 0 Å². The molecule has 1 heterocycles. The van der Waals surface area contributed by atoms with Crippen LogP contribution in [0.2, 0.25) is 0 Å². The standard InChI is InChI=1S/C7H13O/c1-2-7-5-3-4-6-8-7/h3,7H,2,4-6H2,1H3. The zero-order chi connectivity index (χ0) is 5.82. The van der Waals surface area contributed by atoms with Gasteiger partial charge in [0.1, 0.15) is 0 Å². The Morgan fingerprint density at radius 2 is 2.62 bits per heavy atom. The molecule has 1 nitrogen and oxygen atoms in total. The highest BCUT2D eigenvalue weighted by Gasteiger charge is 2.10. The molecule has 0 aromatic heterocycles. The van der Waals surface area contributed by atoms with E-state index >= 15 is 0 Å². The van der Waals surface area contributed by atoms with Crippen LogP contribution in [-0.4, -0.2) is 12.7 Å². The van der Waals surface area contributed by atoms with E-state index in [0.29, 0.717) is 6.10 Å². The van der Waals surface area contributed by atoms with E-state index in [1.165, 1.54) is 0 Å². The van der Waals surface area contributed by atoms with Gasteiger partial charge in [0.05, 0.1) is 6.10 Å². The van der Waals surface area contributed by atoms with Gasteiger partial charge in [-0.2, -0.15) is 0 Å². The molecular formula is C7H13O. The molecule has 8 heavy (non-hydrogen) atoms. The highest BCUT2D eigenvalue weighted by Crippen LogP contribution is 2.13. The fourth-order valence-electron chi connectivity index (χ4n) is 0.974. The number of hydrogen-bond acceptors (Lipinski definition) is 1. The maximum atomic E-state index is 5.40. The summed E-state index contributed by atoms with van der Waals surface area (Å²) in [4.78, 5) is 0. The summed E-state index contributed by atoms with van der Waals surface area (Å²) in [6.07, 6.45) is 6.32. The predicted octanol–water partition coefficient (Wildman–Crippen LogP) is 1.78. The molecule has 1 heteroatoms. The van der Waals surface area contributed by atoms with Gasteiger partial charge in [0.15, 0.2) is 0 Å². The summed E-state index contributed by atoms with van der Waals surface area (Å²) in [5.41, 5.74) is 0. The van der Waals surface area contributed by atoms with Gasteiger partial charge in [-0.05, 0) is 25.7 Å². The van der Waals surface area contributed by atoms with Crippen LogP contribution in [0.1, 0.15) is 26.2 Å². The Morgan fingerprint density at radius 1 is 1.75 bits per heavy atom. The maximum absolute atomic E-state index is 5.40. The third-order valence-electron chi connectivity index (χ3n) is 1.56. The third kappa shape index (κ3) is 1.48. The van der Waals surface area contributed by atoms with E-state index in [2.05, 4.69) is 13.3 Å². The molecule has 47 valence electrons. The molecule has 0 aliphatic carbocycles. The minimum absolute atomic E-state index is 0.531. The van der Waals surface area contributed by atoms with Crippen molar-refractivity contribution in [2.24, 2.45) is 0 Å². The minimum Gasteiger partial charge on any atom is -0.378 e. The molecule has 1 unspecified atom stereocenters. The van der Waals surface area contributed by atoms with E-state index in [0.717, 1.165) is 25.9 Å². The Bertz CT molecular complexity index is 55.4. The Morgan fingerprint density at radius 3 is 3.00 bits per heavy atom. The first-order valence-corrected chi connectivity index (χ1v) is 3.36. The molecule has 1 aliphatic rings. The summed E-state index contributed by atoms with van der Waals surface area (Å²) in [6.45, 7) is 3.11. The second kappa shape index (κ2) is 3.08. The summed E-state index contributed by atoms with van der Waals surface area (Å²) in [5, 5.41) is 0. The Labute approximate surface area is 51.0 Å². The van der Waals surface area contributed by atoms with Crippen LogP contribution in [0.25, 0.3) is 0 Å². The lowest BCUT2D eigenvalue weighted by molar-refractivity contribution is 0.0319. The van der Waals surface area contributed by atoms with Crippen molar-refractivity contribution in [1.29, 1.82) is 0 Å². The molecule has 1 saturated heterocycles. The zero-order valence-electron chi connectivity index (χ0n) is 5.39. The van der Waals surface area contributed by atoms with Gasteiger partial charge in [-0.1, -0.05) is 6.92 Å². The summed E-state index contributed by atoms with van der Waals surface area (Å²) in [6, 6.07) is 0. The normalized spacial score (nSPS) is 30.4. The lowest BCUT2D eigenvalue weighted by atomic mass is 10.1. The molecule has 0 amide bonds. The molecule has 0 spiro atoms. The Kier molecular flexibility index (Phi) is 2.34. The van der Waals surface area contributed by atoms with Crippen LogP contribution in [0, 0.1) is 6.42 Å². The lowest BCUT2D eigenvalue weighted by Gasteiger charge is -2.20. The SMILES string of the molecule is CCC1C[CH]CCO1. The van der Waals surface area contributed by atoms with E-state index in [1.807, 2.05) is 0 Å². The highest BCUT2D eigenvalue weighted by molar-refractivity contribution is 4.74. The van der Waals surface area contributed by atoms with E-state index in [4.69, 9.17) is 4.74 Å². The smallest absolute Gasteiger partial charge is 0.0575 e. The summed E-state index contributed by atoms with van der Waals surface area (Å²) < 4.78 is 5.40. The van der Waals surface area contributed by atoms with Crippen molar-refractivity contribution in [3.63, 3.8) is 0 Å². The molecule has 1 radical (unpaired) electrons. The Hall–Kier alpha value is -0.0400. The molecule has 1 rings (SSSR count). The number of ether oxygens (including phenoxy) is 1. The first-order chi connectivity index (χ1) is 3.93. The van der Waals surface area contributed by atoms with Crippen LogP contribution in [0.4, 0.5) is 0 Å². The highest BCUT2D eigenvalue weighted by atomic mass is 16.5. The second-order valence-corrected chi connectivity index (χ2v) is 2.21. The fourth-order valence-corrected chi connectivity index (χ4v) is 0.974. The summed E-state index contributed by atoms with van der Waals surface area (Å²) in [7, 11) is 0. The van der Waals surface area contributed by atoms with Crippen LogP contribution < -0.4 is 0 Å². The van der Waals surface area contributed by atoms with E-state index in [9.17, 15) is 0 Å². The number of rotatable bonds is 1. The lowest BCUT2D eigenvalue weighted by Crippen LogP contribution is -2.17. The van der Waals surface area contributed by atoms with E-state index in [-0.39, 0.29) is 0 Å². The molecule has 1 fully saturated rings. The maximum Gasteiger partial charge on any atom is 0.0575 e. The van der Waals surface area contributed by atoms with Crippen molar-refractivity contribution >= 4 is 0 Å². The van der Waals surface area contributed by atoms with Crippen molar-refractivity contribution in [1.82, 2.24) is 0 Å². The van der Waals surface area contributed by atoms with Gasteiger partial charge < -0.3 is 4.74 Å². The quantitative estimate of drug-likeness (QED) is 0.503. The van der Waals surface area contributed by atoms with Crippen LogP contribution >= 0.6 is 0 Å². The molecule has 1 atom stereocenters. The molecule has 0 aromatic carbocycles. The molecule has 0 N–H and O–H groups in total. The first kappa shape index (κ1) is 6.09.